The molecule has 0 amide bonds. The zero-order valence-corrected chi connectivity index (χ0v) is 21.3. The Bertz CT molecular complexity index is 1400. The SMILES string of the molecule is COc1cc(-c2nc3c(c(C4(S(C)(=O)=O)CCOCC4)n2)OCC[C@H]2COCCN32)c2cc[nH]c2c1. The van der Waals surface area contributed by atoms with Crippen LogP contribution in [0.5, 0.6) is 11.5 Å². The number of hydrogen-bond acceptors (Lipinski definition) is 9. The molecule has 36 heavy (non-hydrogen) atoms. The van der Waals surface area contributed by atoms with Crippen LogP contribution in [0.3, 0.4) is 0 Å². The minimum atomic E-state index is -3.58. The second-order valence-electron chi connectivity index (χ2n) is 9.60. The number of methoxy groups -OCH3 is 1. The van der Waals surface area contributed by atoms with Crippen LogP contribution in [-0.4, -0.2) is 82.4 Å². The smallest absolute Gasteiger partial charge is 0.185 e. The summed E-state index contributed by atoms with van der Waals surface area (Å²) in [5.74, 6) is 2.19. The van der Waals surface area contributed by atoms with E-state index < -0.39 is 14.6 Å². The average Bonchev–Trinajstić information content (AvgIpc) is 3.28. The molecule has 192 valence electrons. The van der Waals surface area contributed by atoms with Crippen LogP contribution < -0.4 is 14.4 Å². The maximum Gasteiger partial charge on any atom is 0.185 e. The Balaban J connectivity index is 1.66. The molecule has 11 heteroatoms. The molecule has 0 saturated carbocycles. The summed E-state index contributed by atoms with van der Waals surface area (Å²) in [6.45, 7) is 2.89. The van der Waals surface area contributed by atoms with Gasteiger partial charge in [-0.1, -0.05) is 0 Å². The van der Waals surface area contributed by atoms with Crippen LogP contribution in [0.2, 0.25) is 0 Å². The lowest BCUT2D eigenvalue weighted by Gasteiger charge is -2.38. The highest BCUT2D eigenvalue weighted by molar-refractivity contribution is 7.91. The molecule has 3 aromatic rings. The van der Waals surface area contributed by atoms with Gasteiger partial charge < -0.3 is 28.8 Å². The van der Waals surface area contributed by atoms with E-state index in [1.54, 1.807) is 7.11 Å². The van der Waals surface area contributed by atoms with E-state index in [1.165, 1.54) is 6.26 Å². The van der Waals surface area contributed by atoms with Gasteiger partial charge in [-0.25, -0.2) is 18.4 Å². The molecule has 0 aliphatic carbocycles. The van der Waals surface area contributed by atoms with Crippen molar-refractivity contribution >= 4 is 26.6 Å². The first-order chi connectivity index (χ1) is 17.4. The van der Waals surface area contributed by atoms with E-state index in [0.717, 1.165) is 22.9 Å². The summed E-state index contributed by atoms with van der Waals surface area (Å²) in [4.78, 5) is 15.5. The molecule has 10 nitrogen and oxygen atoms in total. The van der Waals surface area contributed by atoms with E-state index >= 15 is 0 Å². The predicted molar refractivity (Wildman–Crippen MR) is 135 cm³/mol. The van der Waals surface area contributed by atoms with Gasteiger partial charge in [0.15, 0.2) is 27.2 Å². The Hall–Kier alpha value is -2.89. The second kappa shape index (κ2) is 8.89. The Labute approximate surface area is 209 Å². The van der Waals surface area contributed by atoms with Gasteiger partial charge in [-0.3, -0.25) is 0 Å². The van der Waals surface area contributed by atoms with E-state index in [1.807, 2.05) is 24.4 Å². The highest BCUT2D eigenvalue weighted by Crippen LogP contribution is 2.48. The van der Waals surface area contributed by atoms with Crippen LogP contribution >= 0.6 is 0 Å². The lowest BCUT2D eigenvalue weighted by Crippen LogP contribution is -2.46. The third-order valence-corrected chi connectivity index (χ3v) is 9.63. The maximum absolute atomic E-state index is 13.5. The molecule has 3 aliphatic heterocycles. The highest BCUT2D eigenvalue weighted by atomic mass is 32.2. The van der Waals surface area contributed by atoms with Gasteiger partial charge in [-0.05, 0) is 25.0 Å². The minimum Gasteiger partial charge on any atom is -0.497 e. The number of nitrogens with zero attached hydrogens (tertiary/aromatic N) is 3. The van der Waals surface area contributed by atoms with Crippen molar-refractivity contribution in [1.29, 1.82) is 0 Å². The fraction of sp³-hybridized carbons (Fsp3) is 0.520. The third-order valence-electron chi connectivity index (χ3n) is 7.61. The van der Waals surface area contributed by atoms with Gasteiger partial charge in [0.25, 0.3) is 0 Å². The van der Waals surface area contributed by atoms with E-state index in [9.17, 15) is 8.42 Å². The van der Waals surface area contributed by atoms with Crippen molar-refractivity contribution < 1.29 is 27.4 Å². The summed E-state index contributed by atoms with van der Waals surface area (Å²) in [6.07, 6.45) is 4.51. The van der Waals surface area contributed by atoms with Crippen molar-refractivity contribution in [2.24, 2.45) is 0 Å². The zero-order valence-electron chi connectivity index (χ0n) is 20.5. The van der Waals surface area contributed by atoms with E-state index in [2.05, 4.69) is 9.88 Å². The molecule has 2 aromatic heterocycles. The van der Waals surface area contributed by atoms with Crippen molar-refractivity contribution in [1.82, 2.24) is 15.0 Å². The van der Waals surface area contributed by atoms with E-state index in [4.69, 9.17) is 28.9 Å². The number of anilines is 1. The molecular formula is C25H30N4O6S. The number of sulfone groups is 1. The largest absolute Gasteiger partial charge is 0.497 e. The van der Waals surface area contributed by atoms with Crippen molar-refractivity contribution in [2.75, 3.05) is 57.8 Å². The summed E-state index contributed by atoms with van der Waals surface area (Å²) in [5.41, 5.74) is 2.07. The number of hydrogen-bond donors (Lipinski definition) is 1. The number of nitrogens with one attached hydrogen (secondary N) is 1. The number of benzene rings is 1. The molecule has 3 aliphatic rings. The van der Waals surface area contributed by atoms with Gasteiger partial charge >= 0.3 is 0 Å². The van der Waals surface area contributed by atoms with Crippen molar-refractivity contribution in [3.05, 3.63) is 30.1 Å². The number of ether oxygens (including phenoxy) is 4. The number of fused-ring (bicyclic) bond motifs is 4. The van der Waals surface area contributed by atoms with Crippen molar-refractivity contribution in [3.8, 4) is 22.9 Å². The number of aromatic nitrogens is 3. The summed E-state index contributed by atoms with van der Waals surface area (Å²) < 4.78 is 48.9. The van der Waals surface area contributed by atoms with Gasteiger partial charge in [-0.2, -0.15) is 0 Å². The standard InChI is InChI=1S/C25H30N4O6S/c1-32-17-13-19(18-3-7-26-20(18)14-17)23-27-22(25(36(2,30)31)5-10-33-11-6-25)21-24(28-23)29-8-12-34-15-16(29)4-9-35-21/h3,7,13-14,16,26H,4-6,8-12,15H2,1-2H3/t16-/m0/s1. The molecule has 6 rings (SSSR count). The molecule has 5 heterocycles. The second-order valence-corrected chi connectivity index (χ2v) is 11.9. The maximum atomic E-state index is 13.5. The summed E-state index contributed by atoms with van der Waals surface area (Å²) in [7, 11) is -1.97. The fourth-order valence-electron chi connectivity index (χ4n) is 5.59. The predicted octanol–water partition coefficient (Wildman–Crippen LogP) is 2.67. The van der Waals surface area contributed by atoms with Gasteiger partial charge in [0.2, 0.25) is 0 Å². The van der Waals surface area contributed by atoms with Crippen LogP contribution in [0.1, 0.15) is 25.0 Å². The molecule has 0 radical (unpaired) electrons. The molecule has 1 aromatic carbocycles. The summed E-state index contributed by atoms with van der Waals surface area (Å²) in [6, 6.07) is 5.87. The van der Waals surface area contributed by atoms with Gasteiger partial charge in [0, 0.05) is 61.2 Å². The van der Waals surface area contributed by atoms with E-state index in [-0.39, 0.29) is 6.04 Å². The number of H-pyrrole nitrogens is 1. The minimum absolute atomic E-state index is 0.0945. The van der Waals surface area contributed by atoms with Crippen LogP contribution in [0, 0.1) is 0 Å². The van der Waals surface area contributed by atoms with Gasteiger partial charge in [-0.15, -0.1) is 0 Å². The lowest BCUT2D eigenvalue weighted by molar-refractivity contribution is 0.0722. The highest BCUT2D eigenvalue weighted by Gasteiger charge is 2.49. The summed E-state index contributed by atoms with van der Waals surface area (Å²) in [5, 5.41) is 0.926. The summed E-state index contributed by atoms with van der Waals surface area (Å²) >= 11 is 0. The normalized spacial score (nSPS) is 21.8. The van der Waals surface area contributed by atoms with Crippen LogP contribution in [-0.2, 0) is 24.1 Å². The molecule has 2 fully saturated rings. The molecule has 0 unspecified atom stereocenters. The number of rotatable bonds is 4. The van der Waals surface area contributed by atoms with Crippen molar-refractivity contribution in [3.63, 3.8) is 0 Å². The van der Waals surface area contributed by atoms with Crippen LogP contribution in [0.4, 0.5) is 5.82 Å². The molecule has 0 bridgehead atoms. The first-order valence-corrected chi connectivity index (χ1v) is 14.1. The van der Waals surface area contributed by atoms with Gasteiger partial charge in [0.05, 0.1) is 33.0 Å². The zero-order chi connectivity index (χ0) is 24.9. The Morgan fingerprint density at radius 1 is 1.14 bits per heavy atom. The van der Waals surface area contributed by atoms with Gasteiger partial charge in [0.1, 0.15) is 16.2 Å². The Morgan fingerprint density at radius 2 is 1.97 bits per heavy atom. The van der Waals surface area contributed by atoms with Crippen LogP contribution in [0.25, 0.3) is 22.3 Å². The average molecular weight is 515 g/mol. The fourth-order valence-corrected chi connectivity index (χ4v) is 6.99. The topological polar surface area (TPSA) is 116 Å². The molecule has 0 spiro atoms. The molecule has 1 N–H and O–H groups in total. The first kappa shape index (κ1) is 23.5. The number of morpholine rings is 1. The molecule has 2 saturated heterocycles. The molecular weight excluding hydrogens is 484 g/mol. The lowest BCUT2D eigenvalue weighted by atomic mass is 9.93. The monoisotopic (exact) mass is 514 g/mol. The Morgan fingerprint density at radius 3 is 2.75 bits per heavy atom. The van der Waals surface area contributed by atoms with Crippen LogP contribution in [0.15, 0.2) is 24.4 Å². The van der Waals surface area contributed by atoms with E-state index in [0.29, 0.717) is 81.3 Å². The van der Waals surface area contributed by atoms with Crippen molar-refractivity contribution in [2.45, 2.75) is 30.1 Å². The quantitative estimate of drug-likeness (QED) is 0.561. The first-order valence-electron chi connectivity index (χ1n) is 12.2. The molecule has 1 atom stereocenters. The Kier molecular flexibility index (Phi) is 5.81. The number of aromatic amines is 1. The third kappa shape index (κ3) is 3.72.